The molecule has 1 amide bonds. The molecule has 0 heterocycles. The molecule has 0 aromatic rings. The number of hydrogen-bond donors (Lipinski definition) is 3. The lowest BCUT2D eigenvalue weighted by Crippen LogP contribution is -2.45. The maximum absolute atomic E-state index is 12.7. The molecule has 0 aromatic carbocycles. The van der Waals surface area contributed by atoms with Crippen LogP contribution >= 0.6 is 7.82 Å². The average Bonchev–Trinajstić information content (AvgIpc) is 2.95. The third-order valence-electron chi connectivity index (χ3n) is 8.01. The van der Waals surface area contributed by atoms with Crippen molar-refractivity contribution in [2.24, 2.45) is 0 Å². The fraction of sp³-hybridized carbons (Fsp3) is 0.914. The van der Waals surface area contributed by atoms with Gasteiger partial charge in [-0.2, -0.15) is 0 Å². The Bertz CT molecular complexity index is 743. The minimum atomic E-state index is -4.32. The standard InChI is InChI=1S/C35H71N2O6P/c1-6-8-10-12-14-16-18-20-22-24-26-28-34(38)33(32-43-44(40,41)42-31-30-37(3,4)5)36-35(39)29-27-25-23-21-19-17-15-13-11-9-7-2/h26,28,33-34,38H,6-25,27,29-32H2,1-5H3,(H-,36,39,40,41)/p+1/b28-26-/t33-,34+/m0/s1. The minimum absolute atomic E-state index is 0.0638. The summed E-state index contributed by atoms with van der Waals surface area (Å²) < 4.78 is 23.4. The lowest BCUT2D eigenvalue weighted by atomic mass is 10.0. The van der Waals surface area contributed by atoms with Crippen LogP contribution < -0.4 is 5.32 Å². The lowest BCUT2D eigenvalue weighted by molar-refractivity contribution is -0.870. The molecule has 3 atom stereocenters. The van der Waals surface area contributed by atoms with Crippen molar-refractivity contribution in [3.63, 3.8) is 0 Å². The molecule has 0 spiro atoms. The van der Waals surface area contributed by atoms with E-state index < -0.39 is 20.0 Å². The number of aliphatic hydroxyl groups excluding tert-OH is 1. The van der Waals surface area contributed by atoms with Crippen LogP contribution in [0.1, 0.15) is 155 Å². The normalized spacial score (nSPS) is 15.0. The summed E-state index contributed by atoms with van der Waals surface area (Å²) in [5, 5.41) is 13.7. The van der Waals surface area contributed by atoms with Gasteiger partial charge >= 0.3 is 7.82 Å². The zero-order valence-corrected chi connectivity index (χ0v) is 30.3. The van der Waals surface area contributed by atoms with Crippen LogP contribution in [0.5, 0.6) is 0 Å². The van der Waals surface area contributed by atoms with Gasteiger partial charge in [-0.15, -0.1) is 0 Å². The van der Waals surface area contributed by atoms with Crippen molar-refractivity contribution in [2.45, 2.75) is 167 Å². The van der Waals surface area contributed by atoms with Gasteiger partial charge in [-0.25, -0.2) is 4.57 Å². The molecule has 0 saturated carbocycles. The highest BCUT2D eigenvalue weighted by Crippen LogP contribution is 2.43. The largest absolute Gasteiger partial charge is 0.472 e. The Labute approximate surface area is 272 Å². The Morgan fingerprint density at radius 1 is 0.750 bits per heavy atom. The maximum atomic E-state index is 12.7. The van der Waals surface area contributed by atoms with Gasteiger partial charge in [0.15, 0.2) is 0 Å². The predicted octanol–water partition coefficient (Wildman–Crippen LogP) is 8.85. The molecular weight excluding hydrogens is 575 g/mol. The number of unbranched alkanes of at least 4 members (excludes halogenated alkanes) is 19. The van der Waals surface area contributed by atoms with Gasteiger partial charge in [-0.1, -0.05) is 142 Å². The molecule has 3 N–H and O–H groups in total. The van der Waals surface area contributed by atoms with Crippen LogP contribution in [0.25, 0.3) is 0 Å². The number of quaternary nitrogens is 1. The van der Waals surface area contributed by atoms with Gasteiger partial charge in [0.05, 0.1) is 39.9 Å². The monoisotopic (exact) mass is 648 g/mol. The number of amides is 1. The summed E-state index contributed by atoms with van der Waals surface area (Å²) in [6.07, 6.45) is 28.4. The SMILES string of the molecule is CCCCCCCCCCC/C=C\[C@@H](O)[C@H](COP(=O)(O)OCC[N+](C)(C)C)NC(=O)CCCCCCCCCCCCC. The molecular formula is C35H72N2O6P+. The first-order chi connectivity index (χ1) is 21.0. The first-order valence-electron chi connectivity index (χ1n) is 18.1. The van der Waals surface area contributed by atoms with Crippen molar-refractivity contribution in [3.8, 4) is 0 Å². The summed E-state index contributed by atoms with van der Waals surface area (Å²) in [6.45, 7) is 4.77. The van der Waals surface area contributed by atoms with E-state index in [1.807, 2.05) is 27.2 Å². The van der Waals surface area contributed by atoms with Crippen molar-refractivity contribution in [1.29, 1.82) is 0 Å². The molecule has 0 fully saturated rings. The molecule has 44 heavy (non-hydrogen) atoms. The highest BCUT2D eigenvalue weighted by atomic mass is 31.2. The Morgan fingerprint density at radius 3 is 1.68 bits per heavy atom. The van der Waals surface area contributed by atoms with E-state index in [-0.39, 0.29) is 19.1 Å². The Hall–Kier alpha value is -0.760. The molecule has 262 valence electrons. The van der Waals surface area contributed by atoms with Gasteiger partial charge in [0.1, 0.15) is 13.2 Å². The minimum Gasteiger partial charge on any atom is -0.387 e. The molecule has 0 aliphatic heterocycles. The van der Waals surface area contributed by atoms with Gasteiger partial charge in [0, 0.05) is 6.42 Å². The zero-order chi connectivity index (χ0) is 32.9. The second kappa shape index (κ2) is 28.5. The van der Waals surface area contributed by atoms with Crippen molar-refractivity contribution in [3.05, 3.63) is 12.2 Å². The van der Waals surface area contributed by atoms with E-state index in [1.54, 1.807) is 6.08 Å². The van der Waals surface area contributed by atoms with E-state index in [0.29, 0.717) is 17.4 Å². The number of phosphoric acid groups is 1. The molecule has 0 saturated heterocycles. The smallest absolute Gasteiger partial charge is 0.387 e. The Balaban J connectivity index is 4.58. The van der Waals surface area contributed by atoms with Crippen molar-refractivity contribution >= 4 is 13.7 Å². The quantitative estimate of drug-likeness (QED) is 0.0292. The molecule has 0 aliphatic rings. The number of nitrogens with zero attached hydrogens (tertiary/aromatic N) is 1. The van der Waals surface area contributed by atoms with Gasteiger partial charge in [0.2, 0.25) is 5.91 Å². The zero-order valence-electron chi connectivity index (χ0n) is 29.4. The fourth-order valence-corrected chi connectivity index (χ4v) is 5.77. The van der Waals surface area contributed by atoms with Gasteiger partial charge < -0.3 is 19.8 Å². The summed E-state index contributed by atoms with van der Waals surface area (Å²) in [6, 6.07) is -0.836. The summed E-state index contributed by atoms with van der Waals surface area (Å²) in [4.78, 5) is 22.9. The molecule has 0 rings (SSSR count). The molecule has 0 aromatic heterocycles. The Kier molecular flexibility index (Phi) is 28.0. The van der Waals surface area contributed by atoms with Crippen LogP contribution in [0.15, 0.2) is 12.2 Å². The van der Waals surface area contributed by atoms with E-state index in [2.05, 4.69) is 19.2 Å². The molecule has 1 unspecified atom stereocenters. The van der Waals surface area contributed by atoms with E-state index in [9.17, 15) is 19.4 Å². The number of allylic oxidation sites excluding steroid dienone is 1. The van der Waals surface area contributed by atoms with Gasteiger partial charge in [-0.05, 0) is 19.3 Å². The number of aliphatic hydroxyl groups is 1. The van der Waals surface area contributed by atoms with Crippen LogP contribution in [0.3, 0.4) is 0 Å². The average molecular weight is 648 g/mol. The summed E-state index contributed by atoms with van der Waals surface area (Å²) in [5.74, 6) is -0.181. The lowest BCUT2D eigenvalue weighted by Gasteiger charge is -2.25. The van der Waals surface area contributed by atoms with E-state index in [4.69, 9.17) is 9.05 Å². The number of carbonyl (C=O) groups excluding carboxylic acids is 1. The number of likely N-dealkylation sites (N-methyl/N-ethyl adjacent to an activating group) is 1. The summed E-state index contributed by atoms with van der Waals surface area (Å²) in [5.41, 5.74) is 0. The van der Waals surface area contributed by atoms with Crippen molar-refractivity contribution in [2.75, 3.05) is 40.9 Å². The molecule has 8 nitrogen and oxygen atoms in total. The maximum Gasteiger partial charge on any atom is 0.472 e. The highest BCUT2D eigenvalue weighted by molar-refractivity contribution is 7.47. The summed E-state index contributed by atoms with van der Waals surface area (Å²) in [7, 11) is 1.57. The highest BCUT2D eigenvalue weighted by Gasteiger charge is 2.27. The number of rotatable bonds is 32. The van der Waals surface area contributed by atoms with E-state index in [0.717, 1.165) is 38.5 Å². The van der Waals surface area contributed by atoms with Crippen LogP contribution in [-0.2, 0) is 18.4 Å². The van der Waals surface area contributed by atoms with Crippen molar-refractivity contribution < 1.29 is 32.9 Å². The molecule has 0 aliphatic carbocycles. The van der Waals surface area contributed by atoms with Gasteiger partial charge in [-0.3, -0.25) is 13.8 Å². The number of nitrogens with one attached hydrogen (secondary N) is 1. The second-order valence-corrected chi connectivity index (χ2v) is 15.1. The molecule has 0 bridgehead atoms. The first kappa shape index (κ1) is 43.2. The molecule has 9 heteroatoms. The second-order valence-electron chi connectivity index (χ2n) is 13.6. The van der Waals surface area contributed by atoms with Crippen LogP contribution in [-0.4, -0.2) is 73.4 Å². The van der Waals surface area contributed by atoms with Gasteiger partial charge in [0.25, 0.3) is 0 Å². The van der Waals surface area contributed by atoms with Crippen molar-refractivity contribution in [1.82, 2.24) is 5.32 Å². The number of carbonyl (C=O) groups is 1. The Morgan fingerprint density at radius 2 is 1.20 bits per heavy atom. The fourth-order valence-electron chi connectivity index (χ4n) is 5.04. The van der Waals surface area contributed by atoms with Crippen LogP contribution in [0, 0.1) is 0 Å². The topological polar surface area (TPSA) is 105 Å². The van der Waals surface area contributed by atoms with E-state index >= 15 is 0 Å². The van der Waals surface area contributed by atoms with E-state index in [1.165, 1.54) is 96.3 Å². The first-order valence-corrected chi connectivity index (χ1v) is 19.6. The molecule has 0 radical (unpaired) electrons. The summed E-state index contributed by atoms with van der Waals surface area (Å²) >= 11 is 0. The van der Waals surface area contributed by atoms with Crippen LogP contribution in [0.4, 0.5) is 0 Å². The predicted molar refractivity (Wildman–Crippen MR) is 185 cm³/mol. The number of hydrogen-bond acceptors (Lipinski definition) is 5. The third-order valence-corrected chi connectivity index (χ3v) is 8.99. The van der Waals surface area contributed by atoms with Crippen LogP contribution in [0.2, 0.25) is 0 Å². The third kappa shape index (κ3) is 29.9. The number of phosphoric ester groups is 1.